The average Bonchev–Trinajstić information content (AvgIpc) is 0.900. The largest absolute Gasteiger partial charge is 0.394 e. The van der Waals surface area contributed by atoms with E-state index in [1.165, 1.54) is 32.6 Å². The second-order valence-electron chi connectivity index (χ2n) is 26.3. The van der Waals surface area contributed by atoms with E-state index in [-0.39, 0.29) is 80.5 Å². The maximum absolute atomic E-state index is 14.4. The Bertz CT molecular complexity index is 2130. The predicted molar refractivity (Wildman–Crippen MR) is 350 cm³/mol. The van der Waals surface area contributed by atoms with E-state index in [0.29, 0.717) is 142 Å². The molecule has 0 aromatic rings. The molecule has 27 heteroatoms. The fourth-order valence-corrected chi connectivity index (χ4v) is 12.0. The first kappa shape index (κ1) is 85.3. The van der Waals surface area contributed by atoms with Gasteiger partial charge in [0.1, 0.15) is 54.6 Å². The third-order valence-corrected chi connectivity index (χ3v) is 18.2. The lowest BCUT2D eigenvalue weighted by Crippen LogP contribution is -2.64. The van der Waals surface area contributed by atoms with Gasteiger partial charge in [0.2, 0.25) is 29.5 Å². The Morgan fingerprint density at radius 3 is 1.31 bits per heavy atom. The van der Waals surface area contributed by atoms with Gasteiger partial charge in [0.05, 0.1) is 38.1 Å². The lowest BCUT2D eigenvalue weighted by Gasteiger charge is -2.42. The number of hydrogen-bond donors (Lipinski definition) is 14. The quantitative estimate of drug-likeness (QED) is 0.0389. The zero-order valence-electron chi connectivity index (χ0n) is 57.4. The van der Waals surface area contributed by atoms with Gasteiger partial charge < -0.3 is 101 Å². The number of carbonyl (C=O) groups excluding carboxylic acids is 7. The zero-order chi connectivity index (χ0) is 69.9. The SMILES string of the molecule is CCCCCCCCCC(=O)CCCCCNC(=O)C(CCCCNC(=O)CCCCCO[C@@H]1OC(CO)[C@H](O)[C@H](O)C1NC(C)=O)CC(=O)C(CCCCNC(=O)CCCCCO[C@@H]1OC(CO)[C@H](O)[C@H](O)C1C)NC(=O)CCCCCO[C@@H]1OC(CO)[C@H](O)[C@H](O)C1C. The van der Waals surface area contributed by atoms with Crippen LogP contribution in [0.15, 0.2) is 0 Å². The van der Waals surface area contributed by atoms with Crippen molar-refractivity contribution in [1.82, 2.24) is 26.6 Å². The molecule has 17 atom stereocenters. The maximum Gasteiger partial charge on any atom is 0.223 e. The fraction of sp³-hybridized carbons (Fsp3) is 0.897. The van der Waals surface area contributed by atoms with Crippen LogP contribution < -0.4 is 26.6 Å². The number of amides is 5. The smallest absolute Gasteiger partial charge is 0.223 e. The predicted octanol–water partition coefficient (Wildman–Crippen LogP) is 2.83. The van der Waals surface area contributed by atoms with E-state index >= 15 is 0 Å². The van der Waals surface area contributed by atoms with Crippen LogP contribution in [0.2, 0.25) is 0 Å². The number of Topliss-reactive ketones (excluding diaryl/α,β-unsaturated/α-hetero) is 2. The molecule has 0 aromatic heterocycles. The topological polar surface area (TPSA) is 417 Å². The van der Waals surface area contributed by atoms with E-state index in [2.05, 4.69) is 33.5 Å². The van der Waals surface area contributed by atoms with Gasteiger partial charge in [-0.25, -0.2) is 0 Å². The number of hydrogen-bond acceptors (Lipinski definition) is 22. The monoisotopic (exact) mass is 1360 g/mol. The summed E-state index contributed by atoms with van der Waals surface area (Å²) in [5.41, 5.74) is 0. The third kappa shape index (κ3) is 34.1. The summed E-state index contributed by atoms with van der Waals surface area (Å²) >= 11 is 0. The minimum Gasteiger partial charge on any atom is -0.394 e. The minimum atomic E-state index is -1.43. The van der Waals surface area contributed by atoms with Gasteiger partial charge in [-0.2, -0.15) is 0 Å². The molecule has 5 amide bonds. The van der Waals surface area contributed by atoms with E-state index in [1.54, 1.807) is 13.8 Å². The molecule has 0 aromatic carbocycles. The summed E-state index contributed by atoms with van der Waals surface area (Å²) < 4.78 is 34.3. The Morgan fingerprint density at radius 2 is 0.821 bits per heavy atom. The molecule has 552 valence electrons. The molecule has 3 fully saturated rings. The number of nitrogens with one attached hydrogen (secondary N) is 5. The number of carbonyl (C=O) groups is 7. The fourth-order valence-electron chi connectivity index (χ4n) is 12.0. The summed E-state index contributed by atoms with van der Waals surface area (Å²) in [6.07, 6.45) is 5.90. The van der Waals surface area contributed by atoms with E-state index in [1.807, 2.05) is 0 Å². The van der Waals surface area contributed by atoms with Gasteiger partial charge in [-0.3, -0.25) is 33.6 Å². The number of ketones is 2. The molecule has 0 radical (unpaired) electrons. The first-order valence-corrected chi connectivity index (χ1v) is 35.8. The third-order valence-electron chi connectivity index (χ3n) is 18.2. The van der Waals surface area contributed by atoms with Gasteiger partial charge in [-0.15, -0.1) is 0 Å². The summed E-state index contributed by atoms with van der Waals surface area (Å²) in [5, 5.41) is 105. The van der Waals surface area contributed by atoms with Crippen molar-refractivity contribution in [3.05, 3.63) is 0 Å². The molecular formula is C68H123N5O22. The summed E-state index contributed by atoms with van der Waals surface area (Å²) in [5.74, 6) is -3.30. The molecule has 3 saturated heterocycles. The summed E-state index contributed by atoms with van der Waals surface area (Å²) in [6.45, 7) is 6.99. The van der Waals surface area contributed by atoms with Crippen LogP contribution in [0.1, 0.15) is 227 Å². The normalized spacial score (nSPS) is 26.7. The van der Waals surface area contributed by atoms with Crippen LogP contribution in [0.25, 0.3) is 0 Å². The molecule has 0 saturated carbocycles. The standard InChI is InChI=1S/C68H123N5O22/c1-5-6-7-8-9-10-15-29-49(78)30-16-11-22-37-71-65(89)48(28-20-23-35-69-55(80)33-18-13-27-40-92-68-58(72-47(4)77)64(88)63(87)54(44-76)95-68)41-51(79)50(73-57(82)34-19-14-26-39-91-67-46(3)60(84)62(86)53(43-75)94-67)31-21-24-36-70-56(81)32-17-12-25-38-90-66-45(2)59(83)61(85)52(42-74)93-66/h45-46,48,50,52-54,58-64,66-68,74-76,83-88H,5-44H2,1-4H3,(H,69,80)(H,70,81)(H,71,89)(H,72,77)(H,73,82)/t45?,46?,48?,50?,52?,53?,54?,58?,59-,60-,61+,62+,63+,64-,66-,67-,68-/m1/s1. The molecule has 14 N–H and O–H groups in total. The Morgan fingerprint density at radius 1 is 0.432 bits per heavy atom. The Balaban J connectivity index is 1.57. The van der Waals surface area contributed by atoms with Crippen LogP contribution >= 0.6 is 0 Å². The summed E-state index contributed by atoms with van der Waals surface area (Å²) in [7, 11) is 0. The summed E-state index contributed by atoms with van der Waals surface area (Å²) in [6, 6.07) is -1.98. The van der Waals surface area contributed by atoms with E-state index in [0.717, 1.165) is 25.7 Å². The lowest BCUT2D eigenvalue weighted by atomic mass is 9.91. The molecule has 27 nitrogen and oxygen atoms in total. The zero-order valence-corrected chi connectivity index (χ0v) is 57.4. The average molecular weight is 1360 g/mol. The van der Waals surface area contributed by atoms with Crippen LogP contribution in [0, 0.1) is 17.8 Å². The number of ether oxygens (including phenoxy) is 6. The van der Waals surface area contributed by atoms with Gasteiger partial charge in [0.15, 0.2) is 24.7 Å². The molecule has 95 heavy (non-hydrogen) atoms. The van der Waals surface area contributed by atoms with Crippen molar-refractivity contribution in [2.24, 2.45) is 17.8 Å². The van der Waals surface area contributed by atoms with Gasteiger partial charge in [0, 0.05) is 103 Å². The van der Waals surface area contributed by atoms with Crippen molar-refractivity contribution in [2.75, 3.05) is 59.3 Å². The minimum absolute atomic E-state index is 0.0987. The van der Waals surface area contributed by atoms with Gasteiger partial charge in [0.25, 0.3) is 0 Å². The molecular weight excluding hydrogens is 1240 g/mol. The lowest BCUT2D eigenvalue weighted by molar-refractivity contribution is -0.282. The Hall–Kier alpha value is -3.91. The number of unbranched alkanes of at least 4 members (excludes halogenated alkanes) is 16. The first-order valence-electron chi connectivity index (χ1n) is 35.8. The van der Waals surface area contributed by atoms with Crippen LogP contribution in [0.3, 0.4) is 0 Å². The Kier molecular flexibility index (Phi) is 45.3. The van der Waals surface area contributed by atoms with Crippen molar-refractivity contribution in [2.45, 2.75) is 313 Å². The summed E-state index contributed by atoms with van der Waals surface area (Å²) in [4.78, 5) is 92.1. The molecule has 0 spiro atoms. The highest BCUT2D eigenvalue weighted by Gasteiger charge is 2.46. The van der Waals surface area contributed by atoms with Crippen molar-refractivity contribution >= 4 is 41.1 Å². The van der Waals surface area contributed by atoms with Crippen molar-refractivity contribution in [1.29, 1.82) is 0 Å². The van der Waals surface area contributed by atoms with Crippen molar-refractivity contribution < 1.29 is 108 Å². The number of aliphatic hydroxyl groups excluding tert-OH is 9. The van der Waals surface area contributed by atoms with Crippen molar-refractivity contribution in [3.8, 4) is 0 Å². The van der Waals surface area contributed by atoms with Crippen LogP contribution in [-0.2, 0) is 62.0 Å². The molecule has 0 bridgehead atoms. The molecule has 8 unspecified atom stereocenters. The molecule has 3 aliphatic heterocycles. The van der Waals surface area contributed by atoms with E-state index in [9.17, 15) is 79.5 Å². The number of rotatable bonds is 54. The van der Waals surface area contributed by atoms with E-state index in [4.69, 9.17) is 28.4 Å². The van der Waals surface area contributed by atoms with Gasteiger partial charge in [-0.05, 0) is 89.9 Å². The highest BCUT2D eigenvalue weighted by molar-refractivity contribution is 5.92. The van der Waals surface area contributed by atoms with Crippen LogP contribution in [0.5, 0.6) is 0 Å². The second kappa shape index (κ2) is 50.4. The van der Waals surface area contributed by atoms with E-state index < -0.39 is 129 Å². The Labute approximate surface area is 563 Å². The van der Waals surface area contributed by atoms with Crippen molar-refractivity contribution in [3.63, 3.8) is 0 Å². The van der Waals surface area contributed by atoms with Gasteiger partial charge >= 0.3 is 0 Å². The number of aliphatic hydroxyl groups is 9. The molecule has 3 rings (SSSR count). The highest BCUT2D eigenvalue weighted by Crippen LogP contribution is 2.29. The molecule has 0 aliphatic carbocycles. The molecule has 3 aliphatic rings. The second-order valence-corrected chi connectivity index (χ2v) is 26.3. The highest BCUT2D eigenvalue weighted by atomic mass is 16.7. The first-order chi connectivity index (χ1) is 45.7. The van der Waals surface area contributed by atoms with Crippen LogP contribution in [-0.4, -0.2) is 232 Å². The maximum atomic E-state index is 14.4. The molecule has 3 heterocycles. The van der Waals surface area contributed by atoms with Crippen LogP contribution in [0.4, 0.5) is 0 Å². The van der Waals surface area contributed by atoms with Gasteiger partial charge in [-0.1, -0.05) is 91.4 Å².